The predicted octanol–water partition coefficient (Wildman–Crippen LogP) is 0.678. The van der Waals surface area contributed by atoms with Gasteiger partial charge in [-0.1, -0.05) is 11.3 Å². The topological polar surface area (TPSA) is 90.1 Å². The summed E-state index contributed by atoms with van der Waals surface area (Å²) in [7, 11) is 1.50. The molecule has 0 amide bonds. The normalized spacial score (nSPS) is 10.2. The fraction of sp³-hybridized carbons (Fsp3) is 0.200. The molecular formula is C10H10N4O3. The quantitative estimate of drug-likeness (QED) is 0.839. The van der Waals surface area contributed by atoms with Gasteiger partial charge in [0.15, 0.2) is 11.5 Å². The molecule has 7 nitrogen and oxygen atoms in total. The molecule has 0 aromatic carbocycles. The molecule has 0 spiro atoms. The molecule has 0 atom stereocenters. The second-order valence-electron chi connectivity index (χ2n) is 3.28. The van der Waals surface area contributed by atoms with Gasteiger partial charge in [-0.3, -0.25) is 0 Å². The van der Waals surface area contributed by atoms with E-state index in [1.807, 2.05) is 0 Å². The summed E-state index contributed by atoms with van der Waals surface area (Å²) in [6.07, 6.45) is 0. The number of aromatic carboxylic acids is 1. The van der Waals surface area contributed by atoms with Crippen molar-refractivity contribution < 1.29 is 14.6 Å². The van der Waals surface area contributed by atoms with Gasteiger partial charge in [-0.2, -0.15) is 9.67 Å². The van der Waals surface area contributed by atoms with E-state index >= 15 is 0 Å². The van der Waals surface area contributed by atoms with E-state index in [9.17, 15) is 4.79 Å². The van der Waals surface area contributed by atoms with Crippen LogP contribution >= 0.6 is 0 Å². The monoisotopic (exact) mass is 234 g/mol. The molecule has 0 radical (unpaired) electrons. The number of pyridine rings is 1. The Morgan fingerprint density at radius 3 is 2.82 bits per heavy atom. The van der Waals surface area contributed by atoms with Gasteiger partial charge in [0.25, 0.3) is 0 Å². The number of nitrogens with zero attached hydrogens (tertiary/aromatic N) is 4. The molecule has 1 N–H and O–H groups in total. The van der Waals surface area contributed by atoms with Crippen LogP contribution in [0.3, 0.4) is 0 Å². The molecule has 0 saturated carbocycles. The Bertz CT molecular complexity index is 564. The van der Waals surface area contributed by atoms with Crippen molar-refractivity contribution >= 4 is 5.97 Å². The highest BCUT2D eigenvalue weighted by molar-refractivity contribution is 5.86. The lowest BCUT2D eigenvalue weighted by molar-refractivity contribution is 0.0689. The average Bonchev–Trinajstić information content (AvgIpc) is 2.71. The number of ether oxygens (including phenoxy) is 1. The average molecular weight is 234 g/mol. The zero-order valence-corrected chi connectivity index (χ0v) is 9.28. The van der Waals surface area contributed by atoms with E-state index < -0.39 is 5.97 Å². The minimum Gasteiger partial charge on any atom is -0.481 e. The summed E-state index contributed by atoms with van der Waals surface area (Å²) in [5.74, 6) is -0.229. The van der Waals surface area contributed by atoms with Gasteiger partial charge < -0.3 is 9.84 Å². The number of aromatic nitrogens is 4. The van der Waals surface area contributed by atoms with Crippen LogP contribution < -0.4 is 4.74 Å². The number of carboxylic acids is 1. The standard InChI is InChI=1S/C10H10N4O3/c1-6-9(10(15)16)12-13-14(6)7-4-3-5-8(11-7)17-2/h3-5H,1-2H3,(H,15,16). The van der Waals surface area contributed by atoms with E-state index in [4.69, 9.17) is 9.84 Å². The minimum atomic E-state index is -1.11. The van der Waals surface area contributed by atoms with E-state index in [0.717, 1.165) is 0 Å². The predicted molar refractivity (Wildman–Crippen MR) is 57.4 cm³/mol. The van der Waals surface area contributed by atoms with Gasteiger partial charge in [-0.25, -0.2) is 4.79 Å². The van der Waals surface area contributed by atoms with Crippen LogP contribution in [0.25, 0.3) is 5.82 Å². The molecule has 2 aromatic heterocycles. The lowest BCUT2D eigenvalue weighted by Gasteiger charge is -2.03. The summed E-state index contributed by atoms with van der Waals surface area (Å²) >= 11 is 0. The minimum absolute atomic E-state index is 0.0883. The summed E-state index contributed by atoms with van der Waals surface area (Å²) in [6.45, 7) is 1.62. The number of rotatable bonds is 3. The first-order chi connectivity index (χ1) is 8.13. The molecule has 0 aliphatic carbocycles. The van der Waals surface area contributed by atoms with Crippen LogP contribution in [0.4, 0.5) is 0 Å². The summed E-state index contributed by atoms with van der Waals surface area (Å²) in [4.78, 5) is 15.0. The number of carbonyl (C=O) groups is 1. The Balaban J connectivity index is 2.49. The van der Waals surface area contributed by atoms with Crippen LogP contribution in [0.2, 0.25) is 0 Å². The van der Waals surface area contributed by atoms with Crippen molar-refractivity contribution in [2.45, 2.75) is 6.92 Å². The first kappa shape index (κ1) is 11.1. The van der Waals surface area contributed by atoms with E-state index in [2.05, 4.69) is 15.3 Å². The molecule has 2 rings (SSSR count). The van der Waals surface area contributed by atoms with Crippen LogP contribution in [-0.4, -0.2) is 38.2 Å². The van der Waals surface area contributed by atoms with Gasteiger partial charge in [0.2, 0.25) is 5.88 Å². The lowest BCUT2D eigenvalue weighted by atomic mass is 10.3. The summed E-state index contributed by atoms with van der Waals surface area (Å²) < 4.78 is 6.33. The first-order valence-electron chi connectivity index (χ1n) is 4.80. The third-order valence-corrected chi connectivity index (χ3v) is 2.23. The van der Waals surface area contributed by atoms with Crippen LogP contribution in [-0.2, 0) is 0 Å². The molecule has 0 bridgehead atoms. The van der Waals surface area contributed by atoms with E-state index in [1.54, 1.807) is 25.1 Å². The maximum Gasteiger partial charge on any atom is 0.358 e. The zero-order chi connectivity index (χ0) is 12.4. The molecule has 7 heteroatoms. The fourth-order valence-corrected chi connectivity index (χ4v) is 1.38. The van der Waals surface area contributed by atoms with Crippen LogP contribution in [0.1, 0.15) is 16.2 Å². The van der Waals surface area contributed by atoms with Gasteiger partial charge in [-0.15, -0.1) is 5.10 Å². The van der Waals surface area contributed by atoms with Crippen molar-refractivity contribution in [1.29, 1.82) is 0 Å². The van der Waals surface area contributed by atoms with Crippen LogP contribution in [0.15, 0.2) is 18.2 Å². The molecule has 0 aliphatic rings. The van der Waals surface area contributed by atoms with Gasteiger partial charge in [0.1, 0.15) is 0 Å². The fourth-order valence-electron chi connectivity index (χ4n) is 1.38. The molecule has 88 valence electrons. The lowest BCUT2D eigenvalue weighted by Crippen LogP contribution is -2.04. The highest BCUT2D eigenvalue weighted by Crippen LogP contribution is 2.13. The third-order valence-electron chi connectivity index (χ3n) is 2.23. The maximum atomic E-state index is 10.8. The Morgan fingerprint density at radius 1 is 1.47 bits per heavy atom. The first-order valence-corrected chi connectivity index (χ1v) is 4.80. The van der Waals surface area contributed by atoms with Gasteiger partial charge in [0, 0.05) is 6.07 Å². The molecule has 2 heterocycles. The zero-order valence-electron chi connectivity index (χ0n) is 9.28. The van der Waals surface area contributed by atoms with Crippen LogP contribution in [0.5, 0.6) is 5.88 Å². The summed E-state index contributed by atoms with van der Waals surface area (Å²) in [6, 6.07) is 5.12. The second kappa shape index (κ2) is 4.20. The van der Waals surface area contributed by atoms with Crippen LogP contribution in [0, 0.1) is 6.92 Å². The van der Waals surface area contributed by atoms with Crippen molar-refractivity contribution in [3.63, 3.8) is 0 Å². The summed E-state index contributed by atoms with van der Waals surface area (Å²) in [5.41, 5.74) is 0.327. The highest BCUT2D eigenvalue weighted by atomic mass is 16.5. The number of methoxy groups -OCH3 is 1. The van der Waals surface area contributed by atoms with E-state index in [1.165, 1.54) is 11.8 Å². The van der Waals surface area contributed by atoms with Gasteiger partial charge in [-0.05, 0) is 13.0 Å². The number of hydrogen-bond donors (Lipinski definition) is 1. The summed E-state index contributed by atoms with van der Waals surface area (Å²) in [5, 5.41) is 16.2. The Kier molecular flexibility index (Phi) is 2.73. The van der Waals surface area contributed by atoms with Crippen molar-refractivity contribution in [3.05, 3.63) is 29.6 Å². The van der Waals surface area contributed by atoms with Gasteiger partial charge in [0.05, 0.1) is 12.8 Å². The SMILES string of the molecule is COc1cccc(-n2nnc(C(=O)O)c2C)n1. The molecule has 0 saturated heterocycles. The number of carboxylic acid groups (broad SMARTS) is 1. The molecule has 17 heavy (non-hydrogen) atoms. The Hall–Kier alpha value is -2.44. The molecule has 2 aromatic rings. The smallest absolute Gasteiger partial charge is 0.358 e. The molecule has 0 unspecified atom stereocenters. The Morgan fingerprint density at radius 2 is 2.24 bits per heavy atom. The van der Waals surface area contributed by atoms with E-state index in [-0.39, 0.29) is 5.69 Å². The Labute approximate surface area is 96.7 Å². The molecule has 0 aliphatic heterocycles. The largest absolute Gasteiger partial charge is 0.481 e. The third kappa shape index (κ3) is 1.94. The highest BCUT2D eigenvalue weighted by Gasteiger charge is 2.16. The molecular weight excluding hydrogens is 224 g/mol. The van der Waals surface area contributed by atoms with Crippen molar-refractivity contribution in [3.8, 4) is 11.7 Å². The number of hydrogen-bond acceptors (Lipinski definition) is 5. The van der Waals surface area contributed by atoms with Crippen molar-refractivity contribution in [2.75, 3.05) is 7.11 Å². The maximum absolute atomic E-state index is 10.8. The van der Waals surface area contributed by atoms with Crippen molar-refractivity contribution in [1.82, 2.24) is 20.0 Å². The van der Waals surface area contributed by atoms with Crippen molar-refractivity contribution in [2.24, 2.45) is 0 Å². The molecule has 0 fully saturated rings. The van der Waals surface area contributed by atoms with E-state index in [0.29, 0.717) is 17.4 Å². The van der Waals surface area contributed by atoms with Gasteiger partial charge >= 0.3 is 5.97 Å². The second-order valence-corrected chi connectivity index (χ2v) is 3.28.